The molecule has 0 saturated heterocycles. The lowest BCUT2D eigenvalue weighted by atomic mass is 10.2. The minimum atomic E-state index is -0.484. The molecular formula is C13H10N2O4. The van der Waals surface area contributed by atoms with Gasteiger partial charge in [-0.25, -0.2) is 0 Å². The minimum absolute atomic E-state index is 0.0111. The molecule has 0 aliphatic rings. The number of benzene rings is 1. The number of aromatic nitrogens is 1. The van der Waals surface area contributed by atoms with Crippen molar-refractivity contribution in [3.63, 3.8) is 0 Å². The molecule has 6 nitrogen and oxygen atoms in total. The van der Waals surface area contributed by atoms with Crippen molar-refractivity contribution in [2.75, 3.05) is 0 Å². The molecule has 1 aromatic heterocycles. The van der Waals surface area contributed by atoms with Gasteiger partial charge >= 0.3 is 0 Å². The molecule has 0 aliphatic heterocycles. The summed E-state index contributed by atoms with van der Waals surface area (Å²) >= 11 is 0. The Labute approximate surface area is 108 Å². The van der Waals surface area contributed by atoms with Crippen molar-refractivity contribution < 1.29 is 14.5 Å². The first-order valence-corrected chi connectivity index (χ1v) is 5.44. The van der Waals surface area contributed by atoms with Crippen molar-refractivity contribution in [1.82, 2.24) is 4.98 Å². The number of rotatable bonds is 4. The molecule has 0 saturated carbocycles. The Morgan fingerprint density at radius 3 is 2.47 bits per heavy atom. The maximum absolute atomic E-state index is 11.2. The summed E-state index contributed by atoms with van der Waals surface area (Å²) in [5.41, 5.74) is 0.433. The van der Waals surface area contributed by atoms with Gasteiger partial charge in [-0.3, -0.25) is 19.9 Å². The number of pyridine rings is 1. The number of nitro groups is 1. The Morgan fingerprint density at radius 1 is 1.21 bits per heavy atom. The largest absolute Gasteiger partial charge is 0.456 e. The summed E-state index contributed by atoms with van der Waals surface area (Å²) < 4.78 is 5.47. The zero-order chi connectivity index (χ0) is 13.8. The van der Waals surface area contributed by atoms with Gasteiger partial charge in [0.05, 0.1) is 11.1 Å². The van der Waals surface area contributed by atoms with Crippen LogP contribution in [0.25, 0.3) is 0 Å². The van der Waals surface area contributed by atoms with Gasteiger partial charge in [-0.1, -0.05) is 0 Å². The molecule has 6 heteroatoms. The van der Waals surface area contributed by atoms with E-state index in [0.717, 1.165) is 0 Å². The predicted octanol–water partition coefficient (Wildman–Crippen LogP) is 2.98. The number of ether oxygens (including phenoxy) is 1. The molecule has 0 amide bonds. The van der Waals surface area contributed by atoms with E-state index in [4.69, 9.17) is 4.74 Å². The Kier molecular flexibility index (Phi) is 3.51. The highest BCUT2D eigenvalue weighted by Gasteiger charge is 2.06. The number of non-ortho nitro benzene ring substituents is 1. The van der Waals surface area contributed by atoms with Crippen LogP contribution >= 0.6 is 0 Å². The van der Waals surface area contributed by atoms with Gasteiger partial charge in [0.1, 0.15) is 11.5 Å². The summed E-state index contributed by atoms with van der Waals surface area (Å²) in [6, 6.07) is 7.23. The Morgan fingerprint density at radius 2 is 1.89 bits per heavy atom. The van der Waals surface area contributed by atoms with Gasteiger partial charge in [0, 0.05) is 23.9 Å². The Balaban J connectivity index is 2.19. The number of carbonyl (C=O) groups is 1. The van der Waals surface area contributed by atoms with Crippen molar-refractivity contribution in [1.29, 1.82) is 0 Å². The molecule has 0 N–H and O–H groups in total. The van der Waals surface area contributed by atoms with Crippen molar-refractivity contribution in [3.05, 3.63) is 58.4 Å². The molecule has 1 heterocycles. The second kappa shape index (κ2) is 5.26. The fraction of sp³-hybridized carbons (Fsp3) is 0.0769. The van der Waals surface area contributed by atoms with Crippen LogP contribution < -0.4 is 4.74 Å². The summed E-state index contributed by atoms with van der Waals surface area (Å²) in [6.45, 7) is 1.44. The number of ketones is 1. The molecule has 0 unspecified atom stereocenters. The van der Waals surface area contributed by atoms with E-state index in [1.807, 2.05) is 0 Å². The third kappa shape index (κ3) is 3.12. The lowest BCUT2D eigenvalue weighted by molar-refractivity contribution is -0.384. The van der Waals surface area contributed by atoms with E-state index in [9.17, 15) is 14.9 Å². The smallest absolute Gasteiger partial charge is 0.269 e. The molecule has 19 heavy (non-hydrogen) atoms. The van der Waals surface area contributed by atoms with Crippen LogP contribution in [0.1, 0.15) is 17.3 Å². The molecule has 2 aromatic rings. The number of nitro benzene ring substituents is 1. The molecule has 2 rings (SSSR count). The first kappa shape index (κ1) is 12.7. The van der Waals surface area contributed by atoms with Crippen molar-refractivity contribution in [2.45, 2.75) is 6.92 Å². The molecule has 0 fully saturated rings. The van der Waals surface area contributed by atoms with Gasteiger partial charge in [-0.05, 0) is 25.1 Å². The van der Waals surface area contributed by atoms with E-state index >= 15 is 0 Å². The van der Waals surface area contributed by atoms with E-state index in [1.165, 1.54) is 43.6 Å². The highest BCUT2D eigenvalue weighted by molar-refractivity contribution is 5.94. The Bertz CT molecular complexity index is 623. The number of nitrogens with zero attached hydrogens (tertiary/aromatic N) is 2. The second-order valence-electron chi connectivity index (χ2n) is 3.82. The molecule has 0 aliphatic carbocycles. The van der Waals surface area contributed by atoms with Crippen molar-refractivity contribution in [2.24, 2.45) is 0 Å². The van der Waals surface area contributed by atoms with Crippen LogP contribution in [-0.4, -0.2) is 15.7 Å². The van der Waals surface area contributed by atoms with Crippen molar-refractivity contribution >= 4 is 11.5 Å². The third-order valence-electron chi connectivity index (χ3n) is 2.40. The van der Waals surface area contributed by atoms with Crippen molar-refractivity contribution in [3.8, 4) is 11.5 Å². The van der Waals surface area contributed by atoms with E-state index in [-0.39, 0.29) is 11.5 Å². The Hall–Kier alpha value is -2.76. The number of carbonyl (C=O) groups excluding carboxylic acids is 1. The van der Waals surface area contributed by atoms with Crippen LogP contribution in [0.4, 0.5) is 5.69 Å². The summed E-state index contributed by atoms with van der Waals surface area (Å²) in [7, 11) is 0. The monoisotopic (exact) mass is 258 g/mol. The summed E-state index contributed by atoms with van der Waals surface area (Å²) in [6.07, 6.45) is 2.92. The zero-order valence-electron chi connectivity index (χ0n) is 10.1. The quantitative estimate of drug-likeness (QED) is 0.478. The fourth-order valence-electron chi connectivity index (χ4n) is 1.44. The highest BCUT2D eigenvalue weighted by Crippen LogP contribution is 2.23. The standard InChI is InChI=1S/C13H10N2O4/c1-9(16)10-6-13(8-14-7-10)19-12-4-2-11(3-5-12)15(17)18/h2-8H,1H3. The third-order valence-corrected chi connectivity index (χ3v) is 2.40. The van der Waals surface area contributed by atoms with Gasteiger partial charge in [0.2, 0.25) is 0 Å². The number of hydrogen-bond donors (Lipinski definition) is 0. The summed E-state index contributed by atoms with van der Waals surface area (Å²) in [5.74, 6) is 0.733. The van der Waals surface area contributed by atoms with Gasteiger partial charge in [0.25, 0.3) is 5.69 Å². The van der Waals surface area contributed by atoms with E-state index < -0.39 is 4.92 Å². The second-order valence-corrected chi connectivity index (χ2v) is 3.82. The van der Waals surface area contributed by atoms with E-state index in [2.05, 4.69) is 4.98 Å². The van der Waals surface area contributed by atoms with Crippen LogP contribution in [0, 0.1) is 10.1 Å². The van der Waals surface area contributed by atoms with Gasteiger partial charge < -0.3 is 4.74 Å². The average molecular weight is 258 g/mol. The maximum atomic E-state index is 11.2. The molecular weight excluding hydrogens is 248 g/mol. The van der Waals surface area contributed by atoms with Crippen LogP contribution in [-0.2, 0) is 0 Å². The van der Waals surface area contributed by atoms with Crippen LogP contribution in [0.3, 0.4) is 0 Å². The van der Waals surface area contributed by atoms with E-state index in [0.29, 0.717) is 17.1 Å². The first-order chi connectivity index (χ1) is 9.06. The number of hydrogen-bond acceptors (Lipinski definition) is 5. The van der Waals surface area contributed by atoms with Crippen LogP contribution in [0.15, 0.2) is 42.7 Å². The first-order valence-electron chi connectivity index (χ1n) is 5.44. The normalized spacial score (nSPS) is 9.95. The lowest BCUT2D eigenvalue weighted by Gasteiger charge is -2.05. The number of Topliss-reactive ketones (excluding diaryl/α,β-unsaturated/α-hetero) is 1. The van der Waals surface area contributed by atoms with Crippen LogP contribution in [0.2, 0.25) is 0 Å². The fourth-order valence-corrected chi connectivity index (χ4v) is 1.44. The molecule has 0 radical (unpaired) electrons. The van der Waals surface area contributed by atoms with E-state index in [1.54, 1.807) is 6.07 Å². The minimum Gasteiger partial charge on any atom is -0.456 e. The van der Waals surface area contributed by atoms with Crippen LogP contribution in [0.5, 0.6) is 11.5 Å². The lowest BCUT2D eigenvalue weighted by Crippen LogP contribution is -1.94. The highest BCUT2D eigenvalue weighted by atomic mass is 16.6. The molecule has 0 bridgehead atoms. The maximum Gasteiger partial charge on any atom is 0.269 e. The van der Waals surface area contributed by atoms with Gasteiger partial charge in [-0.15, -0.1) is 0 Å². The summed E-state index contributed by atoms with van der Waals surface area (Å²) in [5, 5.41) is 10.5. The molecule has 0 spiro atoms. The molecule has 96 valence electrons. The predicted molar refractivity (Wildman–Crippen MR) is 67.4 cm³/mol. The average Bonchev–Trinajstić information content (AvgIpc) is 2.39. The topological polar surface area (TPSA) is 82.3 Å². The molecule has 1 aromatic carbocycles. The van der Waals surface area contributed by atoms with Gasteiger partial charge in [0.15, 0.2) is 5.78 Å². The summed E-state index contributed by atoms with van der Waals surface area (Å²) in [4.78, 5) is 25.1. The van der Waals surface area contributed by atoms with Gasteiger partial charge in [-0.2, -0.15) is 0 Å². The molecule has 0 atom stereocenters. The SMILES string of the molecule is CC(=O)c1cncc(Oc2ccc([N+](=O)[O-])cc2)c1. The zero-order valence-corrected chi connectivity index (χ0v) is 10.1.